The van der Waals surface area contributed by atoms with Crippen molar-refractivity contribution >= 4 is 23.8 Å². The topological polar surface area (TPSA) is 119 Å². The van der Waals surface area contributed by atoms with Crippen molar-refractivity contribution in [2.75, 3.05) is 13.2 Å². The standard InChI is InChI=1S/C27H31NO8/c1-27(2,3)36-26(33)28-15-7-10-21(28)24(31)35-23(20-13-11-18(16-29)12-14-20)25(32)34-17-22(30)19-8-5-4-6-9-19/h4-6,8-9,11-14,21,23,29H,7,10,15-17H2,1-3H3. The minimum absolute atomic E-state index is 0.201. The first-order chi connectivity index (χ1) is 17.1. The highest BCUT2D eigenvalue weighted by Crippen LogP contribution is 2.26. The zero-order valence-electron chi connectivity index (χ0n) is 20.6. The summed E-state index contributed by atoms with van der Waals surface area (Å²) in [6, 6.07) is 13.7. The molecule has 1 aliphatic rings. The zero-order valence-corrected chi connectivity index (χ0v) is 20.6. The second-order valence-corrected chi connectivity index (χ2v) is 9.45. The average molecular weight is 498 g/mol. The molecule has 192 valence electrons. The third-order valence-electron chi connectivity index (χ3n) is 5.51. The van der Waals surface area contributed by atoms with E-state index < -0.39 is 48.2 Å². The minimum atomic E-state index is -1.46. The van der Waals surface area contributed by atoms with Gasteiger partial charge in [0.1, 0.15) is 11.6 Å². The van der Waals surface area contributed by atoms with E-state index in [-0.39, 0.29) is 6.61 Å². The number of ether oxygens (including phenoxy) is 3. The predicted octanol–water partition coefficient (Wildman–Crippen LogP) is 3.59. The molecule has 1 N–H and O–H groups in total. The van der Waals surface area contributed by atoms with Crippen LogP contribution in [0.3, 0.4) is 0 Å². The Balaban J connectivity index is 1.75. The minimum Gasteiger partial charge on any atom is -0.454 e. The number of aliphatic hydroxyl groups is 1. The second kappa shape index (κ2) is 11.8. The lowest BCUT2D eigenvalue weighted by molar-refractivity contribution is -0.170. The van der Waals surface area contributed by atoms with Gasteiger partial charge in [-0.25, -0.2) is 14.4 Å². The van der Waals surface area contributed by atoms with E-state index in [1.54, 1.807) is 63.2 Å². The van der Waals surface area contributed by atoms with Crippen LogP contribution in [0, 0.1) is 0 Å². The molecular weight excluding hydrogens is 466 g/mol. The molecule has 1 fully saturated rings. The lowest BCUT2D eigenvalue weighted by Gasteiger charge is -2.28. The van der Waals surface area contributed by atoms with E-state index in [0.717, 1.165) is 0 Å². The monoisotopic (exact) mass is 497 g/mol. The molecule has 0 saturated carbocycles. The molecule has 0 bridgehead atoms. The number of benzene rings is 2. The smallest absolute Gasteiger partial charge is 0.411 e. The first kappa shape index (κ1) is 26.9. The van der Waals surface area contributed by atoms with E-state index in [1.165, 1.54) is 17.0 Å². The van der Waals surface area contributed by atoms with Gasteiger partial charge >= 0.3 is 18.0 Å². The summed E-state index contributed by atoms with van der Waals surface area (Å²) >= 11 is 0. The van der Waals surface area contributed by atoms with Crippen molar-refractivity contribution in [3.63, 3.8) is 0 Å². The van der Waals surface area contributed by atoms with Gasteiger partial charge in [-0.05, 0) is 39.2 Å². The molecule has 1 heterocycles. The van der Waals surface area contributed by atoms with Crippen LogP contribution in [0.1, 0.15) is 61.2 Å². The van der Waals surface area contributed by atoms with Crippen LogP contribution >= 0.6 is 0 Å². The maximum atomic E-state index is 13.1. The fourth-order valence-corrected chi connectivity index (χ4v) is 3.72. The van der Waals surface area contributed by atoms with E-state index in [0.29, 0.717) is 36.1 Å². The van der Waals surface area contributed by atoms with Gasteiger partial charge in [-0.15, -0.1) is 0 Å². The van der Waals surface area contributed by atoms with E-state index in [9.17, 15) is 24.3 Å². The molecule has 3 rings (SSSR count). The lowest BCUT2D eigenvalue weighted by Crippen LogP contribution is -2.44. The molecule has 36 heavy (non-hydrogen) atoms. The quantitative estimate of drug-likeness (QED) is 0.334. The molecule has 0 aromatic heterocycles. The number of ketones is 1. The number of aliphatic hydroxyl groups excluding tert-OH is 1. The van der Waals surface area contributed by atoms with E-state index in [1.807, 2.05) is 0 Å². The van der Waals surface area contributed by atoms with Crippen LogP contribution in [0.5, 0.6) is 0 Å². The van der Waals surface area contributed by atoms with Gasteiger partial charge in [-0.2, -0.15) is 0 Å². The number of nitrogens with zero attached hydrogens (tertiary/aromatic N) is 1. The SMILES string of the molecule is CC(C)(C)OC(=O)N1CCCC1C(=O)OC(C(=O)OCC(=O)c1ccccc1)c1ccc(CO)cc1. The summed E-state index contributed by atoms with van der Waals surface area (Å²) in [7, 11) is 0. The number of amides is 1. The molecule has 0 radical (unpaired) electrons. The van der Waals surface area contributed by atoms with Crippen molar-refractivity contribution in [2.24, 2.45) is 0 Å². The van der Waals surface area contributed by atoms with Gasteiger partial charge in [0.25, 0.3) is 0 Å². The average Bonchev–Trinajstić information content (AvgIpc) is 3.36. The highest BCUT2D eigenvalue weighted by molar-refractivity contribution is 5.98. The van der Waals surface area contributed by atoms with Gasteiger partial charge in [-0.3, -0.25) is 9.69 Å². The Hall–Kier alpha value is -3.72. The molecule has 1 amide bonds. The van der Waals surface area contributed by atoms with Crippen molar-refractivity contribution < 1.29 is 38.5 Å². The maximum absolute atomic E-state index is 13.1. The van der Waals surface area contributed by atoms with Crippen LogP contribution in [0.4, 0.5) is 4.79 Å². The van der Waals surface area contributed by atoms with Crippen molar-refractivity contribution in [2.45, 2.75) is 58.0 Å². The van der Waals surface area contributed by atoms with E-state index in [2.05, 4.69) is 0 Å². The third kappa shape index (κ3) is 7.14. The second-order valence-electron chi connectivity index (χ2n) is 9.45. The Morgan fingerprint density at radius 2 is 1.69 bits per heavy atom. The first-order valence-electron chi connectivity index (χ1n) is 11.7. The van der Waals surface area contributed by atoms with Crippen molar-refractivity contribution in [3.8, 4) is 0 Å². The van der Waals surface area contributed by atoms with Gasteiger partial charge in [-0.1, -0.05) is 54.6 Å². The van der Waals surface area contributed by atoms with Crippen LogP contribution in [0.2, 0.25) is 0 Å². The summed E-state index contributed by atoms with van der Waals surface area (Å²) in [5.41, 5.74) is 0.549. The Morgan fingerprint density at radius 1 is 1.03 bits per heavy atom. The largest absolute Gasteiger partial charge is 0.454 e. The summed E-state index contributed by atoms with van der Waals surface area (Å²) in [6.45, 7) is 4.78. The number of esters is 2. The molecule has 0 aliphatic carbocycles. The molecule has 1 aliphatic heterocycles. The molecule has 9 nitrogen and oxygen atoms in total. The molecule has 9 heteroatoms. The number of hydrogen-bond donors (Lipinski definition) is 1. The summed E-state index contributed by atoms with van der Waals surface area (Å²) in [6.07, 6.45) is -1.17. The number of hydrogen-bond acceptors (Lipinski definition) is 8. The number of rotatable bonds is 8. The van der Waals surface area contributed by atoms with Gasteiger partial charge in [0, 0.05) is 17.7 Å². The van der Waals surface area contributed by atoms with Crippen LogP contribution in [0.25, 0.3) is 0 Å². The summed E-state index contributed by atoms with van der Waals surface area (Å²) in [5.74, 6) is -2.11. The molecule has 2 aromatic carbocycles. The zero-order chi connectivity index (χ0) is 26.3. The predicted molar refractivity (Wildman–Crippen MR) is 129 cm³/mol. The lowest BCUT2D eigenvalue weighted by atomic mass is 10.1. The Bertz CT molecular complexity index is 1080. The molecule has 0 spiro atoms. The van der Waals surface area contributed by atoms with Gasteiger partial charge < -0.3 is 19.3 Å². The molecule has 1 saturated heterocycles. The number of carbonyl (C=O) groups is 4. The van der Waals surface area contributed by atoms with Crippen molar-refractivity contribution in [1.29, 1.82) is 0 Å². The highest BCUT2D eigenvalue weighted by atomic mass is 16.6. The van der Waals surface area contributed by atoms with Gasteiger partial charge in [0.05, 0.1) is 6.61 Å². The number of carbonyl (C=O) groups excluding carboxylic acids is 4. The number of likely N-dealkylation sites (tertiary alicyclic amines) is 1. The molecule has 2 atom stereocenters. The maximum Gasteiger partial charge on any atom is 0.411 e. The molecular formula is C27H31NO8. The van der Waals surface area contributed by atoms with Gasteiger partial charge in [0.15, 0.2) is 12.4 Å². The highest BCUT2D eigenvalue weighted by Gasteiger charge is 2.40. The summed E-state index contributed by atoms with van der Waals surface area (Å²) < 4.78 is 16.2. The van der Waals surface area contributed by atoms with Crippen LogP contribution < -0.4 is 0 Å². The molecule has 2 unspecified atom stereocenters. The summed E-state index contributed by atoms with van der Waals surface area (Å²) in [4.78, 5) is 52.4. The van der Waals surface area contributed by atoms with E-state index in [4.69, 9.17) is 14.2 Å². The van der Waals surface area contributed by atoms with E-state index >= 15 is 0 Å². The van der Waals surface area contributed by atoms with Crippen LogP contribution in [0.15, 0.2) is 54.6 Å². The van der Waals surface area contributed by atoms with Gasteiger partial charge in [0.2, 0.25) is 6.10 Å². The molecule has 2 aromatic rings. The first-order valence-corrected chi connectivity index (χ1v) is 11.7. The Labute approximate surface area is 209 Å². The summed E-state index contributed by atoms with van der Waals surface area (Å²) in [5, 5.41) is 9.32. The fourth-order valence-electron chi connectivity index (χ4n) is 3.72. The van der Waals surface area contributed by atoms with Crippen LogP contribution in [-0.2, 0) is 30.4 Å². The van der Waals surface area contributed by atoms with Crippen LogP contribution in [-0.4, -0.2) is 58.6 Å². The Morgan fingerprint density at radius 3 is 2.31 bits per heavy atom. The van der Waals surface area contributed by atoms with Crippen molar-refractivity contribution in [1.82, 2.24) is 4.90 Å². The van der Waals surface area contributed by atoms with Crippen molar-refractivity contribution in [3.05, 3.63) is 71.3 Å². The fraction of sp³-hybridized carbons (Fsp3) is 0.407. The normalized spacial score (nSPS) is 16.2. The Kier molecular flexibility index (Phi) is 8.82. The third-order valence-corrected chi connectivity index (χ3v) is 5.51. The number of Topliss-reactive ketones (excluding diaryl/α,β-unsaturated/α-hetero) is 1.